The quantitative estimate of drug-likeness (QED) is 0.843. The van der Waals surface area contributed by atoms with Gasteiger partial charge in [0.15, 0.2) is 0 Å². The summed E-state index contributed by atoms with van der Waals surface area (Å²) in [5.74, 6) is 0.318. The number of rotatable bonds is 3. The van der Waals surface area contributed by atoms with Crippen molar-refractivity contribution in [3.05, 3.63) is 64.7 Å². The lowest BCUT2D eigenvalue weighted by Gasteiger charge is -2.10. The summed E-state index contributed by atoms with van der Waals surface area (Å²) in [7, 11) is 0. The third kappa shape index (κ3) is 2.56. The number of hydrogen-bond donors (Lipinski definition) is 1. The van der Waals surface area contributed by atoms with Crippen molar-refractivity contribution in [1.82, 2.24) is 0 Å². The van der Waals surface area contributed by atoms with E-state index in [9.17, 15) is 4.79 Å². The van der Waals surface area contributed by atoms with Crippen LogP contribution >= 0.6 is 11.6 Å². The lowest BCUT2D eigenvalue weighted by molar-refractivity contribution is 0.102. The fourth-order valence-electron chi connectivity index (χ4n) is 2.67. The van der Waals surface area contributed by atoms with Crippen LogP contribution in [-0.4, -0.2) is 5.91 Å². The molecule has 0 saturated carbocycles. The molecule has 102 valence electrons. The predicted octanol–water partition coefficient (Wildman–Crippen LogP) is 4.17. The molecule has 1 aliphatic rings. The van der Waals surface area contributed by atoms with Gasteiger partial charge in [0.2, 0.25) is 0 Å². The van der Waals surface area contributed by atoms with E-state index in [0.29, 0.717) is 5.88 Å². The van der Waals surface area contributed by atoms with Gasteiger partial charge in [0.1, 0.15) is 0 Å². The first kappa shape index (κ1) is 13.2. The van der Waals surface area contributed by atoms with Crippen molar-refractivity contribution in [1.29, 1.82) is 0 Å². The van der Waals surface area contributed by atoms with Gasteiger partial charge < -0.3 is 5.32 Å². The first-order valence-electron chi connectivity index (χ1n) is 6.85. The van der Waals surface area contributed by atoms with Gasteiger partial charge in [-0.3, -0.25) is 4.79 Å². The first-order chi connectivity index (χ1) is 9.78. The summed E-state index contributed by atoms with van der Waals surface area (Å²) in [5.41, 5.74) is 5.12. The molecule has 0 atom stereocenters. The Labute approximate surface area is 123 Å². The molecule has 1 amide bonds. The Morgan fingerprint density at radius 1 is 1.10 bits per heavy atom. The smallest absolute Gasteiger partial charge is 0.255 e. The molecular formula is C17H16ClNO. The molecule has 1 aliphatic carbocycles. The molecule has 3 rings (SSSR count). The van der Waals surface area contributed by atoms with Crippen molar-refractivity contribution < 1.29 is 4.79 Å². The van der Waals surface area contributed by atoms with Gasteiger partial charge >= 0.3 is 0 Å². The second-order valence-corrected chi connectivity index (χ2v) is 5.35. The van der Waals surface area contributed by atoms with E-state index in [0.717, 1.165) is 29.7 Å². The van der Waals surface area contributed by atoms with Crippen molar-refractivity contribution in [2.45, 2.75) is 25.1 Å². The van der Waals surface area contributed by atoms with Crippen LogP contribution in [0.3, 0.4) is 0 Å². The summed E-state index contributed by atoms with van der Waals surface area (Å²) >= 11 is 5.89. The maximum Gasteiger partial charge on any atom is 0.255 e. The van der Waals surface area contributed by atoms with Crippen LogP contribution in [0.2, 0.25) is 0 Å². The van der Waals surface area contributed by atoms with Crippen molar-refractivity contribution in [3.63, 3.8) is 0 Å². The molecule has 1 N–H and O–H groups in total. The average molecular weight is 286 g/mol. The second-order valence-electron chi connectivity index (χ2n) is 5.08. The van der Waals surface area contributed by atoms with Crippen LogP contribution in [0, 0.1) is 0 Å². The minimum Gasteiger partial charge on any atom is -0.322 e. The molecule has 0 bridgehead atoms. The molecule has 0 saturated heterocycles. The fourth-order valence-corrected chi connectivity index (χ4v) is 2.90. The molecule has 3 heteroatoms. The number of nitrogens with one attached hydrogen (secondary N) is 1. The predicted molar refractivity (Wildman–Crippen MR) is 82.4 cm³/mol. The molecule has 0 aromatic heterocycles. The molecule has 0 heterocycles. The van der Waals surface area contributed by atoms with E-state index in [4.69, 9.17) is 11.6 Å². The monoisotopic (exact) mass is 285 g/mol. The molecule has 0 unspecified atom stereocenters. The van der Waals surface area contributed by atoms with Gasteiger partial charge in [-0.2, -0.15) is 0 Å². The number of halogens is 1. The van der Waals surface area contributed by atoms with E-state index in [1.807, 2.05) is 36.4 Å². The number of para-hydroxylation sites is 1. The zero-order valence-corrected chi connectivity index (χ0v) is 11.9. The van der Waals surface area contributed by atoms with Crippen LogP contribution in [0.15, 0.2) is 42.5 Å². The third-order valence-electron chi connectivity index (χ3n) is 3.77. The molecule has 0 radical (unpaired) electrons. The number of carbonyl (C=O) groups excluding carboxylic acids is 1. The summed E-state index contributed by atoms with van der Waals surface area (Å²) in [5, 5.41) is 2.95. The highest BCUT2D eigenvalue weighted by molar-refractivity contribution is 6.17. The van der Waals surface area contributed by atoms with E-state index in [1.165, 1.54) is 17.5 Å². The molecule has 0 spiro atoms. The second kappa shape index (κ2) is 5.68. The minimum absolute atomic E-state index is 0.0720. The van der Waals surface area contributed by atoms with Crippen molar-refractivity contribution in [2.24, 2.45) is 0 Å². The molecule has 2 aromatic carbocycles. The SMILES string of the molecule is O=C(Nc1ccccc1CCl)c1ccc2c(c1)CCC2. The van der Waals surface area contributed by atoms with Crippen LogP contribution in [0.1, 0.15) is 33.5 Å². The Morgan fingerprint density at radius 2 is 1.90 bits per heavy atom. The van der Waals surface area contributed by atoms with Gasteiger partial charge in [0, 0.05) is 17.1 Å². The number of fused-ring (bicyclic) bond motifs is 1. The maximum absolute atomic E-state index is 12.3. The molecule has 2 nitrogen and oxygen atoms in total. The van der Waals surface area contributed by atoms with Gasteiger partial charge in [-0.05, 0) is 54.2 Å². The largest absolute Gasteiger partial charge is 0.322 e. The van der Waals surface area contributed by atoms with Crippen molar-refractivity contribution in [3.8, 4) is 0 Å². The van der Waals surface area contributed by atoms with E-state index >= 15 is 0 Å². The standard InChI is InChI=1S/C17H16ClNO/c18-11-15-4-1-2-7-16(15)19-17(20)14-9-8-12-5-3-6-13(12)10-14/h1-2,4,7-10H,3,5-6,11H2,(H,19,20). The Kier molecular flexibility index (Phi) is 3.75. The van der Waals surface area contributed by atoms with Crippen LogP contribution in [0.5, 0.6) is 0 Å². The number of anilines is 1. The van der Waals surface area contributed by atoms with Crippen LogP contribution in [-0.2, 0) is 18.7 Å². The number of benzene rings is 2. The average Bonchev–Trinajstić information content (AvgIpc) is 2.95. The summed E-state index contributed by atoms with van der Waals surface area (Å²) in [6.45, 7) is 0. The van der Waals surface area contributed by atoms with Gasteiger partial charge in [-0.25, -0.2) is 0 Å². The Bertz CT molecular complexity index is 651. The summed E-state index contributed by atoms with van der Waals surface area (Å²) in [4.78, 5) is 12.3. The summed E-state index contributed by atoms with van der Waals surface area (Å²) in [6, 6.07) is 13.6. The summed E-state index contributed by atoms with van der Waals surface area (Å²) < 4.78 is 0. The van der Waals surface area contributed by atoms with Gasteiger partial charge in [-0.15, -0.1) is 11.6 Å². The molecule has 20 heavy (non-hydrogen) atoms. The maximum atomic E-state index is 12.3. The molecule has 2 aromatic rings. The first-order valence-corrected chi connectivity index (χ1v) is 7.38. The zero-order chi connectivity index (χ0) is 13.9. The van der Waals surface area contributed by atoms with Gasteiger partial charge in [0.05, 0.1) is 0 Å². The van der Waals surface area contributed by atoms with Crippen LogP contribution < -0.4 is 5.32 Å². The topological polar surface area (TPSA) is 29.1 Å². The lowest BCUT2D eigenvalue weighted by atomic mass is 10.1. The normalized spacial score (nSPS) is 13.1. The Hall–Kier alpha value is -1.80. The van der Waals surface area contributed by atoms with Crippen LogP contribution in [0.4, 0.5) is 5.69 Å². The molecule has 0 aliphatic heterocycles. The Balaban J connectivity index is 1.83. The van der Waals surface area contributed by atoms with E-state index < -0.39 is 0 Å². The Morgan fingerprint density at radius 3 is 2.75 bits per heavy atom. The highest BCUT2D eigenvalue weighted by atomic mass is 35.5. The van der Waals surface area contributed by atoms with Crippen molar-refractivity contribution >= 4 is 23.2 Å². The van der Waals surface area contributed by atoms with E-state index in [-0.39, 0.29) is 5.91 Å². The summed E-state index contributed by atoms with van der Waals surface area (Å²) in [6.07, 6.45) is 3.40. The lowest BCUT2D eigenvalue weighted by Crippen LogP contribution is -2.13. The molecular weight excluding hydrogens is 270 g/mol. The number of hydrogen-bond acceptors (Lipinski definition) is 1. The highest BCUT2D eigenvalue weighted by Crippen LogP contribution is 2.24. The van der Waals surface area contributed by atoms with E-state index in [2.05, 4.69) is 11.4 Å². The van der Waals surface area contributed by atoms with Gasteiger partial charge in [0.25, 0.3) is 5.91 Å². The van der Waals surface area contributed by atoms with Crippen LogP contribution in [0.25, 0.3) is 0 Å². The zero-order valence-electron chi connectivity index (χ0n) is 11.2. The third-order valence-corrected chi connectivity index (χ3v) is 4.06. The van der Waals surface area contributed by atoms with Crippen molar-refractivity contribution in [2.75, 3.05) is 5.32 Å². The minimum atomic E-state index is -0.0720. The van der Waals surface area contributed by atoms with Gasteiger partial charge in [-0.1, -0.05) is 24.3 Å². The number of alkyl halides is 1. The highest BCUT2D eigenvalue weighted by Gasteiger charge is 2.14. The van der Waals surface area contributed by atoms with E-state index in [1.54, 1.807) is 0 Å². The number of aryl methyl sites for hydroxylation is 2. The number of carbonyl (C=O) groups is 1. The molecule has 0 fully saturated rings. The fraction of sp³-hybridized carbons (Fsp3) is 0.235. The number of amides is 1.